The number of carbonyl (C=O) groups is 2. The van der Waals surface area contributed by atoms with E-state index in [1.807, 2.05) is 0 Å². The number of carbonyl (C=O) groups excluding carboxylic acids is 2. The van der Waals surface area contributed by atoms with Crippen molar-refractivity contribution in [1.29, 1.82) is 0 Å². The number of fused-ring (bicyclic) bond motifs is 2. The summed E-state index contributed by atoms with van der Waals surface area (Å²) < 4.78 is 66.4. The summed E-state index contributed by atoms with van der Waals surface area (Å²) in [6, 6.07) is 12.2. The second-order valence-electron chi connectivity index (χ2n) is 7.00. The number of halogens is 4. The van der Waals surface area contributed by atoms with Crippen LogP contribution in [0.5, 0.6) is 5.88 Å². The molecule has 0 fully saturated rings. The number of nitrogens with zero attached hydrogens (tertiary/aromatic N) is 2. The van der Waals surface area contributed by atoms with Gasteiger partial charge in [-0.1, -0.05) is 18.2 Å². The first kappa shape index (κ1) is 22.1. The van der Waals surface area contributed by atoms with Crippen molar-refractivity contribution in [2.24, 2.45) is 0 Å². The standard InChI is InChI=1S/C23H14F4N2O4/c1-32-20(30)22(24,25)15-6-8-18-14(12-15)4-9-19(29-18)33-21(31)23(26,27)16-5-7-17-13(11-16)3-2-10-28-17/h2-12H,1H3. The Kier molecular flexibility index (Phi) is 5.44. The molecule has 0 atom stereocenters. The zero-order chi connectivity index (χ0) is 23.8. The van der Waals surface area contributed by atoms with Crippen molar-refractivity contribution in [2.45, 2.75) is 11.8 Å². The van der Waals surface area contributed by atoms with Gasteiger partial charge in [0.2, 0.25) is 5.88 Å². The van der Waals surface area contributed by atoms with Gasteiger partial charge in [-0.25, -0.2) is 14.6 Å². The number of ether oxygens (including phenoxy) is 2. The Hall–Kier alpha value is -4.08. The summed E-state index contributed by atoms with van der Waals surface area (Å²) in [5.41, 5.74) is -0.641. The van der Waals surface area contributed by atoms with Crippen LogP contribution in [0.25, 0.3) is 21.8 Å². The van der Waals surface area contributed by atoms with E-state index in [0.29, 0.717) is 10.9 Å². The molecule has 0 bridgehead atoms. The molecule has 0 spiro atoms. The summed E-state index contributed by atoms with van der Waals surface area (Å²) in [6.45, 7) is 0. The Labute approximate surface area is 183 Å². The zero-order valence-corrected chi connectivity index (χ0v) is 16.9. The number of esters is 2. The van der Waals surface area contributed by atoms with Gasteiger partial charge in [0.25, 0.3) is 0 Å². The highest BCUT2D eigenvalue weighted by molar-refractivity contribution is 5.87. The maximum absolute atomic E-state index is 14.7. The maximum atomic E-state index is 14.7. The first-order valence-corrected chi connectivity index (χ1v) is 9.46. The van der Waals surface area contributed by atoms with Gasteiger partial charge in [-0.2, -0.15) is 17.6 Å². The molecule has 0 saturated heterocycles. The Morgan fingerprint density at radius 3 is 2.06 bits per heavy atom. The lowest BCUT2D eigenvalue weighted by Crippen LogP contribution is -2.30. The third kappa shape index (κ3) is 4.07. The third-order valence-corrected chi connectivity index (χ3v) is 4.89. The van der Waals surface area contributed by atoms with Crippen LogP contribution in [-0.2, 0) is 26.2 Å². The van der Waals surface area contributed by atoms with E-state index >= 15 is 0 Å². The highest BCUT2D eigenvalue weighted by atomic mass is 19.3. The number of methoxy groups -OCH3 is 1. The van der Waals surface area contributed by atoms with Crippen LogP contribution in [-0.4, -0.2) is 29.0 Å². The Morgan fingerprint density at radius 2 is 1.39 bits per heavy atom. The van der Waals surface area contributed by atoms with Gasteiger partial charge in [-0.05, 0) is 36.4 Å². The van der Waals surface area contributed by atoms with E-state index in [9.17, 15) is 27.2 Å². The van der Waals surface area contributed by atoms with Gasteiger partial charge >= 0.3 is 23.8 Å². The van der Waals surface area contributed by atoms with Crippen LogP contribution in [0.1, 0.15) is 11.1 Å². The fraction of sp³-hybridized carbons (Fsp3) is 0.130. The van der Waals surface area contributed by atoms with Gasteiger partial charge in [0.1, 0.15) is 0 Å². The molecule has 4 aromatic rings. The van der Waals surface area contributed by atoms with Crippen LogP contribution in [0.2, 0.25) is 0 Å². The number of aromatic nitrogens is 2. The van der Waals surface area contributed by atoms with Gasteiger partial charge in [-0.15, -0.1) is 0 Å². The molecular weight excluding hydrogens is 444 g/mol. The van der Waals surface area contributed by atoms with Crippen LogP contribution >= 0.6 is 0 Å². The molecule has 6 nitrogen and oxygen atoms in total. The molecule has 4 rings (SSSR count). The molecule has 2 heterocycles. The fourth-order valence-electron chi connectivity index (χ4n) is 3.15. The summed E-state index contributed by atoms with van der Waals surface area (Å²) in [5.74, 6) is -11.9. The molecule has 0 aliphatic carbocycles. The van der Waals surface area contributed by atoms with E-state index in [1.54, 1.807) is 12.1 Å². The smallest absolute Gasteiger partial charge is 0.388 e. The monoisotopic (exact) mass is 458 g/mol. The van der Waals surface area contributed by atoms with Crippen molar-refractivity contribution in [3.63, 3.8) is 0 Å². The summed E-state index contributed by atoms with van der Waals surface area (Å²) in [4.78, 5) is 31.5. The van der Waals surface area contributed by atoms with Gasteiger partial charge in [-0.3, -0.25) is 4.98 Å². The van der Waals surface area contributed by atoms with Crippen LogP contribution in [0.15, 0.2) is 66.9 Å². The zero-order valence-electron chi connectivity index (χ0n) is 16.9. The van der Waals surface area contributed by atoms with E-state index < -0.39 is 40.8 Å². The van der Waals surface area contributed by atoms with Crippen molar-refractivity contribution in [3.05, 3.63) is 78.0 Å². The number of pyridine rings is 2. The van der Waals surface area contributed by atoms with E-state index in [-0.39, 0.29) is 10.9 Å². The normalized spacial score (nSPS) is 12.0. The highest BCUT2D eigenvalue weighted by Gasteiger charge is 2.44. The summed E-state index contributed by atoms with van der Waals surface area (Å²) in [7, 11) is 0.837. The largest absolute Gasteiger partial charge is 0.464 e. The van der Waals surface area contributed by atoms with Crippen LogP contribution < -0.4 is 4.74 Å². The first-order valence-electron chi connectivity index (χ1n) is 9.46. The molecule has 33 heavy (non-hydrogen) atoms. The average Bonchev–Trinajstić information content (AvgIpc) is 2.82. The summed E-state index contributed by atoms with van der Waals surface area (Å²) >= 11 is 0. The molecule has 0 aliphatic rings. The van der Waals surface area contributed by atoms with Crippen molar-refractivity contribution < 1.29 is 36.6 Å². The molecular formula is C23H14F4N2O4. The first-order chi connectivity index (χ1) is 15.6. The molecule has 2 aromatic heterocycles. The van der Waals surface area contributed by atoms with Crippen LogP contribution in [0.4, 0.5) is 17.6 Å². The lowest BCUT2D eigenvalue weighted by atomic mass is 10.1. The van der Waals surface area contributed by atoms with Crippen molar-refractivity contribution in [1.82, 2.24) is 9.97 Å². The summed E-state index contributed by atoms with van der Waals surface area (Å²) in [6.07, 6.45) is 1.51. The van der Waals surface area contributed by atoms with Gasteiger partial charge in [0, 0.05) is 34.2 Å². The topological polar surface area (TPSA) is 78.4 Å². The number of rotatable bonds is 5. The Balaban J connectivity index is 1.59. The second kappa shape index (κ2) is 8.12. The molecule has 0 N–H and O–H groups in total. The molecule has 0 radical (unpaired) electrons. The maximum Gasteiger partial charge on any atom is 0.388 e. The van der Waals surface area contributed by atoms with Gasteiger partial charge < -0.3 is 9.47 Å². The van der Waals surface area contributed by atoms with Crippen LogP contribution in [0, 0.1) is 0 Å². The van der Waals surface area contributed by atoms with Gasteiger partial charge in [0.15, 0.2) is 0 Å². The summed E-state index contributed by atoms with van der Waals surface area (Å²) in [5, 5.41) is 0.593. The minimum absolute atomic E-state index is 0.0878. The molecule has 10 heteroatoms. The number of hydrogen-bond donors (Lipinski definition) is 0. The molecule has 2 aromatic carbocycles. The van der Waals surface area contributed by atoms with E-state index in [1.165, 1.54) is 18.3 Å². The third-order valence-electron chi connectivity index (χ3n) is 4.89. The minimum atomic E-state index is -3.98. The Bertz CT molecular complexity index is 1390. The fourth-order valence-corrected chi connectivity index (χ4v) is 3.15. The lowest BCUT2D eigenvalue weighted by Gasteiger charge is -2.16. The highest BCUT2D eigenvalue weighted by Crippen LogP contribution is 2.34. The molecule has 0 saturated carbocycles. The molecule has 168 valence electrons. The molecule has 0 aliphatic heterocycles. The molecule has 0 amide bonds. The number of alkyl halides is 4. The van der Waals surface area contributed by atoms with Crippen molar-refractivity contribution >= 4 is 33.7 Å². The van der Waals surface area contributed by atoms with Crippen LogP contribution in [0.3, 0.4) is 0 Å². The van der Waals surface area contributed by atoms with Crippen molar-refractivity contribution in [2.75, 3.05) is 7.11 Å². The number of hydrogen-bond acceptors (Lipinski definition) is 6. The SMILES string of the molecule is COC(=O)C(F)(F)c1ccc2nc(OC(=O)C(F)(F)c3ccc4ncccc4c3)ccc2c1. The van der Waals surface area contributed by atoms with E-state index in [4.69, 9.17) is 4.74 Å². The second-order valence-corrected chi connectivity index (χ2v) is 7.00. The average molecular weight is 458 g/mol. The molecule has 0 unspecified atom stereocenters. The van der Waals surface area contributed by atoms with Gasteiger partial charge in [0.05, 0.1) is 18.1 Å². The quantitative estimate of drug-likeness (QED) is 0.318. The minimum Gasteiger partial charge on any atom is -0.464 e. The lowest BCUT2D eigenvalue weighted by molar-refractivity contribution is -0.170. The predicted octanol–water partition coefficient (Wildman–Crippen LogP) is 4.75. The Morgan fingerprint density at radius 1 is 0.788 bits per heavy atom. The van der Waals surface area contributed by atoms with E-state index in [2.05, 4.69) is 14.7 Å². The number of benzene rings is 2. The van der Waals surface area contributed by atoms with Crippen molar-refractivity contribution in [3.8, 4) is 5.88 Å². The predicted molar refractivity (Wildman–Crippen MR) is 109 cm³/mol. The van der Waals surface area contributed by atoms with E-state index in [0.717, 1.165) is 43.5 Å².